The summed E-state index contributed by atoms with van der Waals surface area (Å²) in [5, 5.41) is 2.87. The smallest absolute Gasteiger partial charge is 0.265 e. The van der Waals surface area contributed by atoms with Gasteiger partial charge in [0.2, 0.25) is 0 Å². The van der Waals surface area contributed by atoms with Crippen LogP contribution in [0.4, 0.5) is 5.69 Å². The summed E-state index contributed by atoms with van der Waals surface area (Å²) in [5.41, 5.74) is 4.02. The van der Waals surface area contributed by atoms with Crippen molar-refractivity contribution in [1.29, 1.82) is 0 Å². The van der Waals surface area contributed by atoms with E-state index in [0.717, 1.165) is 28.2 Å². The SMILES string of the molecule is CCOc1cccc(NC(=O)[C@@H](C)Oc2cc(C)cc(C)c2C)c1. The third-order valence-corrected chi connectivity index (χ3v) is 3.85. The van der Waals surface area contributed by atoms with Gasteiger partial charge in [0, 0.05) is 11.8 Å². The van der Waals surface area contributed by atoms with Gasteiger partial charge in [0.15, 0.2) is 6.10 Å². The summed E-state index contributed by atoms with van der Waals surface area (Å²) in [4.78, 5) is 12.4. The lowest BCUT2D eigenvalue weighted by Gasteiger charge is -2.18. The van der Waals surface area contributed by atoms with Crippen molar-refractivity contribution in [3.05, 3.63) is 53.1 Å². The summed E-state index contributed by atoms with van der Waals surface area (Å²) < 4.78 is 11.3. The largest absolute Gasteiger partial charge is 0.494 e. The minimum absolute atomic E-state index is 0.192. The van der Waals surface area contributed by atoms with Crippen molar-refractivity contribution >= 4 is 11.6 Å². The van der Waals surface area contributed by atoms with Crippen LogP contribution in [0.5, 0.6) is 11.5 Å². The Morgan fingerprint density at radius 1 is 1.17 bits per heavy atom. The summed E-state index contributed by atoms with van der Waals surface area (Å²) in [7, 11) is 0. The van der Waals surface area contributed by atoms with E-state index >= 15 is 0 Å². The summed E-state index contributed by atoms with van der Waals surface area (Å²) >= 11 is 0. The van der Waals surface area contributed by atoms with Gasteiger partial charge in [-0.2, -0.15) is 0 Å². The fourth-order valence-corrected chi connectivity index (χ4v) is 2.44. The van der Waals surface area contributed by atoms with Gasteiger partial charge in [-0.15, -0.1) is 0 Å². The van der Waals surface area contributed by atoms with Crippen LogP contribution < -0.4 is 14.8 Å². The van der Waals surface area contributed by atoms with Gasteiger partial charge >= 0.3 is 0 Å². The molecule has 1 amide bonds. The molecule has 2 aromatic rings. The fraction of sp³-hybridized carbons (Fsp3) is 0.350. The van der Waals surface area contributed by atoms with E-state index in [1.54, 1.807) is 13.0 Å². The van der Waals surface area contributed by atoms with Crippen LogP contribution >= 0.6 is 0 Å². The van der Waals surface area contributed by atoms with Gasteiger partial charge in [-0.3, -0.25) is 4.79 Å². The van der Waals surface area contributed by atoms with E-state index in [4.69, 9.17) is 9.47 Å². The average molecular weight is 327 g/mol. The fourth-order valence-electron chi connectivity index (χ4n) is 2.44. The monoisotopic (exact) mass is 327 g/mol. The first-order valence-corrected chi connectivity index (χ1v) is 8.19. The molecule has 0 saturated carbocycles. The Balaban J connectivity index is 2.06. The predicted molar refractivity (Wildman–Crippen MR) is 97.0 cm³/mol. The molecule has 1 atom stereocenters. The van der Waals surface area contributed by atoms with Crippen molar-refractivity contribution in [2.45, 2.75) is 40.7 Å². The summed E-state index contributed by atoms with van der Waals surface area (Å²) in [6.07, 6.45) is -0.597. The molecule has 128 valence electrons. The Hall–Kier alpha value is -2.49. The van der Waals surface area contributed by atoms with Crippen LogP contribution in [-0.4, -0.2) is 18.6 Å². The van der Waals surface area contributed by atoms with Crippen LogP contribution in [0.25, 0.3) is 0 Å². The number of hydrogen-bond acceptors (Lipinski definition) is 3. The van der Waals surface area contributed by atoms with Crippen molar-refractivity contribution in [1.82, 2.24) is 0 Å². The van der Waals surface area contributed by atoms with E-state index in [1.807, 2.05) is 52.0 Å². The first-order chi connectivity index (χ1) is 11.4. The highest BCUT2D eigenvalue weighted by atomic mass is 16.5. The minimum Gasteiger partial charge on any atom is -0.494 e. The average Bonchev–Trinajstić information content (AvgIpc) is 2.52. The van der Waals surface area contributed by atoms with Crippen molar-refractivity contribution in [2.75, 3.05) is 11.9 Å². The second-order valence-corrected chi connectivity index (χ2v) is 5.92. The van der Waals surface area contributed by atoms with Crippen molar-refractivity contribution in [2.24, 2.45) is 0 Å². The molecule has 4 nitrogen and oxygen atoms in total. The minimum atomic E-state index is -0.597. The van der Waals surface area contributed by atoms with Gasteiger partial charge in [0.25, 0.3) is 5.91 Å². The lowest BCUT2D eigenvalue weighted by atomic mass is 10.1. The Morgan fingerprint density at radius 2 is 1.92 bits per heavy atom. The van der Waals surface area contributed by atoms with Crippen molar-refractivity contribution in [3.8, 4) is 11.5 Å². The molecule has 4 heteroatoms. The van der Waals surface area contributed by atoms with Gasteiger partial charge in [-0.05, 0) is 69.5 Å². The van der Waals surface area contributed by atoms with E-state index in [0.29, 0.717) is 12.3 Å². The van der Waals surface area contributed by atoms with E-state index in [1.165, 1.54) is 0 Å². The standard InChI is InChI=1S/C20H25NO3/c1-6-23-18-9-7-8-17(12-18)21-20(22)16(5)24-19-11-13(2)10-14(3)15(19)4/h7-12,16H,6H2,1-5H3,(H,21,22)/t16-/m1/s1. The van der Waals surface area contributed by atoms with E-state index in [2.05, 4.69) is 11.4 Å². The molecule has 1 N–H and O–H groups in total. The van der Waals surface area contributed by atoms with Crippen LogP contribution in [-0.2, 0) is 4.79 Å². The number of ether oxygens (including phenoxy) is 2. The Kier molecular flexibility index (Phi) is 5.85. The molecular formula is C20H25NO3. The number of amides is 1. The first-order valence-electron chi connectivity index (χ1n) is 8.19. The highest BCUT2D eigenvalue weighted by Gasteiger charge is 2.17. The number of aryl methyl sites for hydroxylation is 2. The quantitative estimate of drug-likeness (QED) is 0.854. The molecule has 0 aromatic heterocycles. The van der Waals surface area contributed by atoms with E-state index < -0.39 is 6.10 Å². The summed E-state index contributed by atoms with van der Waals surface area (Å²) in [5.74, 6) is 1.29. The molecule has 0 aliphatic heterocycles. The lowest BCUT2D eigenvalue weighted by molar-refractivity contribution is -0.122. The van der Waals surface area contributed by atoms with Crippen LogP contribution in [0.15, 0.2) is 36.4 Å². The third kappa shape index (κ3) is 4.51. The van der Waals surface area contributed by atoms with E-state index in [9.17, 15) is 4.79 Å². The lowest BCUT2D eigenvalue weighted by Crippen LogP contribution is -2.30. The predicted octanol–water partition coefficient (Wildman–Crippen LogP) is 4.42. The zero-order valence-corrected chi connectivity index (χ0v) is 15.0. The maximum absolute atomic E-state index is 12.4. The second kappa shape index (κ2) is 7.86. The van der Waals surface area contributed by atoms with E-state index in [-0.39, 0.29) is 5.91 Å². The maximum Gasteiger partial charge on any atom is 0.265 e. The normalized spacial score (nSPS) is 11.7. The third-order valence-electron chi connectivity index (χ3n) is 3.85. The zero-order valence-electron chi connectivity index (χ0n) is 15.0. The van der Waals surface area contributed by atoms with Crippen LogP contribution in [0.1, 0.15) is 30.5 Å². The topological polar surface area (TPSA) is 47.6 Å². The summed E-state index contributed by atoms with van der Waals surface area (Å²) in [6, 6.07) is 11.4. The molecule has 0 saturated heterocycles. The number of nitrogens with one attached hydrogen (secondary N) is 1. The molecule has 2 rings (SSSR count). The number of rotatable bonds is 6. The van der Waals surface area contributed by atoms with Gasteiger partial charge in [0.1, 0.15) is 11.5 Å². The molecule has 0 aliphatic carbocycles. The molecule has 24 heavy (non-hydrogen) atoms. The second-order valence-electron chi connectivity index (χ2n) is 5.92. The molecule has 0 fully saturated rings. The Labute approximate surface area is 143 Å². The Morgan fingerprint density at radius 3 is 2.62 bits per heavy atom. The molecular weight excluding hydrogens is 302 g/mol. The number of carbonyl (C=O) groups is 1. The maximum atomic E-state index is 12.4. The van der Waals surface area contributed by atoms with Crippen LogP contribution in [0.2, 0.25) is 0 Å². The van der Waals surface area contributed by atoms with Gasteiger partial charge in [-0.1, -0.05) is 12.1 Å². The highest BCUT2D eigenvalue weighted by Crippen LogP contribution is 2.25. The molecule has 0 heterocycles. The van der Waals surface area contributed by atoms with Gasteiger partial charge in [-0.25, -0.2) is 0 Å². The van der Waals surface area contributed by atoms with Crippen molar-refractivity contribution in [3.63, 3.8) is 0 Å². The van der Waals surface area contributed by atoms with Gasteiger partial charge in [0.05, 0.1) is 6.61 Å². The van der Waals surface area contributed by atoms with Crippen molar-refractivity contribution < 1.29 is 14.3 Å². The number of anilines is 1. The number of benzene rings is 2. The van der Waals surface area contributed by atoms with Gasteiger partial charge < -0.3 is 14.8 Å². The molecule has 2 aromatic carbocycles. The molecule has 0 spiro atoms. The molecule has 0 unspecified atom stereocenters. The molecule has 0 radical (unpaired) electrons. The Bertz CT molecular complexity index is 725. The zero-order chi connectivity index (χ0) is 17.7. The highest BCUT2D eigenvalue weighted by molar-refractivity contribution is 5.94. The number of carbonyl (C=O) groups excluding carboxylic acids is 1. The molecule has 0 aliphatic rings. The van der Waals surface area contributed by atoms with Crippen LogP contribution in [0.3, 0.4) is 0 Å². The summed E-state index contributed by atoms with van der Waals surface area (Å²) in [6.45, 7) is 10.3. The number of hydrogen-bond donors (Lipinski definition) is 1. The molecule has 0 bridgehead atoms. The first kappa shape index (κ1) is 17.9. The van der Waals surface area contributed by atoms with Crippen LogP contribution in [0, 0.1) is 20.8 Å².